The number of aliphatic carboxylic acids is 1. The lowest BCUT2D eigenvalue weighted by molar-refractivity contribution is -0.136. The summed E-state index contributed by atoms with van der Waals surface area (Å²) in [6.45, 7) is 2.26. The van der Waals surface area contributed by atoms with E-state index in [0.29, 0.717) is 5.01 Å². The molecule has 0 aromatic carbocycles. The number of unbranched alkanes of at least 4 members (excludes halogenated alkanes) is 9. The third-order valence-corrected chi connectivity index (χ3v) is 5.62. The lowest BCUT2D eigenvalue weighted by Gasteiger charge is -2.01. The van der Waals surface area contributed by atoms with Crippen molar-refractivity contribution in [2.45, 2.75) is 81.9 Å². The van der Waals surface area contributed by atoms with Gasteiger partial charge in [-0.05, 0) is 6.42 Å². The van der Waals surface area contributed by atoms with Crippen LogP contribution in [0.25, 0.3) is 0 Å². The first-order valence-corrected chi connectivity index (χ1v) is 10.2. The average Bonchev–Trinajstić information content (AvgIpc) is 2.91. The Morgan fingerprint density at radius 1 is 1.00 bits per heavy atom. The molecule has 0 amide bonds. The number of aromatic nitrogens is 2. The number of nitrogens with zero attached hydrogens (tertiary/aromatic N) is 2. The Hall–Kier alpha value is -0.620. The smallest absolute Gasteiger partial charge is 0.310 e. The van der Waals surface area contributed by atoms with Crippen LogP contribution in [0.2, 0.25) is 0 Å². The molecule has 0 aliphatic heterocycles. The molecule has 0 bridgehead atoms. The summed E-state index contributed by atoms with van der Waals surface area (Å²) < 4.78 is 0.896. The summed E-state index contributed by atoms with van der Waals surface area (Å²) in [5.41, 5.74) is 0. The summed E-state index contributed by atoms with van der Waals surface area (Å²) >= 11 is 3.10. The van der Waals surface area contributed by atoms with E-state index in [9.17, 15) is 4.79 Å². The van der Waals surface area contributed by atoms with Crippen LogP contribution in [0, 0.1) is 0 Å². The van der Waals surface area contributed by atoms with Crippen molar-refractivity contribution in [1.82, 2.24) is 10.2 Å². The summed E-state index contributed by atoms with van der Waals surface area (Å²) in [5, 5.41) is 17.2. The molecule has 0 aliphatic rings. The lowest BCUT2D eigenvalue weighted by atomic mass is 10.1. The van der Waals surface area contributed by atoms with Crippen molar-refractivity contribution in [1.29, 1.82) is 0 Å². The van der Waals surface area contributed by atoms with Gasteiger partial charge < -0.3 is 5.11 Å². The molecule has 0 fully saturated rings. The molecule has 0 radical (unpaired) electrons. The fraction of sp³-hybridized carbons (Fsp3) is 0.812. The minimum absolute atomic E-state index is 0.0174. The highest BCUT2D eigenvalue weighted by Gasteiger charge is 2.08. The predicted molar refractivity (Wildman–Crippen MR) is 93.8 cm³/mol. The molecule has 0 saturated carbocycles. The van der Waals surface area contributed by atoms with Crippen molar-refractivity contribution < 1.29 is 9.90 Å². The van der Waals surface area contributed by atoms with Crippen LogP contribution in [0.1, 0.15) is 76.1 Å². The Kier molecular flexibility index (Phi) is 11.4. The molecule has 1 aromatic rings. The molecule has 0 aliphatic carbocycles. The number of hydrogen-bond acceptors (Lipinski definition) is 5. The van der Waals surface area contributed by atoms with E-state index in [0.717, 1.165) is 10.1 Å². The predicted octanol–water partition coefficient (Wildman–Crippen LogP) is 5.18. The zero-order valence-corrected chi connectivity index (χ0v) is 15.2. The van der Waals surface area contributed by atoms with Gasteiger partial charge in [0.2, 0.25) is 0 Å². The first-order valence-electron chi connectivity index (χ1n) is 8.39. The van der Waals surface area contributed by atoms with E-state index in [4.69, 9.17) is 5.11 Å². The molecule has 0 atom stereocenters. The van der Waals surface area contributed by atoms with E-state index in [-0.39, 0.29) is 6.42 Å². The molecule has 126 valence electrons. The van der Waals surface area contributed by atoms with Crippen molar-refractivity contribution in [3.8, 4) is 0 Å². The SMILES string of the molecule is CCCCCCCCCCCCSc1nnc(CC(=O)O)s1. The zero-order chi connectivity index (χ0) is 16.0. The van der Waals surface area contributed by atoms with Gasteiger partial charge in [-0.15, -0.1) is 10.2 Å². The van der Waals surface area contributed by atoms with Crippen LogP contribution >= 0.6 is 23.1 Å². The minimum Gasteiger partial charge on any atom is -0.481 e. The molecule has 0 spiro atoms. The molecule has 1 N–H and O–H groups in total. The lowest BCUT2D eigenvalue weighted by Crippen LogP contribution is -1.98. The van der Waals surface area contributed by atoms with Crippen LogP contribution in [-0.4, -0.2) is 27.0 Å². The van der Waals surface area contributed by atoms with Crippen molar-refractivity contribution in [3.63, 3.8) is 0 Å². The molecule has 22 heavy (non-hydrogen) atoms. The van der Waals surface area contributed by atoms with Crippen LogP contribution in [0.5, 0.6) is 0 Å². The van der Waals surface area contributed by atoms with Crippen molar-refractivity contribution >= 4 is 29.1 Å². The molecule has 1 heterocycles. The van der Waals surface area contributed by atoms with Crippen LogP contribution in [0.15, 0.2) is 4.34 Å². The highest BCUT2D eigenvalue weighted by molar-refractivity contribution is 8.01. The molecule has 6 heteroatoms. The topological polar surface area (TPSA) is 63.1 Å². The second kappa shape index (κ2) is 12.9. The molecule has 4 nitrogen and oxygen atoms in total. The number of carbonyl (C=O) groups is 1. The van der Waals surface area contributed by atoms with E-state index >= 15 is 0 Å². The largest absolute Gasteiger partial charge is 0.481 e. The van der Waals surface area contributed by atoms with Gasteiger partial charge in [0.25, 0.3) is 0 Å². The maximum Gasteiger partial charge on any atom is 0.310 e. The summed E-state index contributed by atoms with van der Waals surface area (Å²) in [4.78, 5) is 10.6. The maximum atomic E-state index is 10.6. The van der Waals surface area contributed by atoms with Gasteiger partial charge in [0, 0.05) is 5.75 Å². The first-order chi connectivity index (χ1) is 10.7. The summed E-state index contributed by atoms with van der Waals surface area (Å²) in [6.07, 6.45) is 13.4. The standard InChI is InChI=1S/C16H28N2O2S2/c1-2-3-4-5-6-7-8-9-10-11-12-21-16-18-17-14(22-16)13-15(19)20/h2-13H2,1H3,(H,19,20). The van der Waals surface area contributed by atoms with E-state index < -0.39 is 5.97 Å². The monoisotopic (exact) mass is 344 g/mol. The molecule has 1 rings (SSSR count). The van der Waals surface area contributed by atoms with E-state index in [1.54, 1.807) is 11.8 Å². The number of rotatable bonds is 14. The van der Waals surface area contributed by atoms with Gasteiger partial charge in [0.1, 0.15) is 5.01 Å². The Balaban J connectivity index is 1.91. The van der Waals surface area contributed by atoms with Crippen LogP contribution < -0.4 is 0 Å². The Bertz CT molecular complexity index is 411. The Morgan fingerprint density at radius 2 is 1.59 bits per heavy atom. The van der Waals surface area contributed by atoms with Gasteiger partial charge in [-0.25, -0.2) is 0 Å². The van der Waals surface area contributed by atoms with Crippen molar-refractivity contribution in [3.05, 3.63) is 5.01 Å². The zero-order valence-electron chi connectivity index (χ0n) is 13.6. The summed E-state index contributed by atoms with van der Waals surface area (Å²) in [5.74, 6) is 0.209. The molecule has 1 aromatic heterocycles. The van der Waals surface area contributed by atoms with Gasteiger partial charge >= 0.3 is 5.97 Å². The van der Waals surface area contributed by atoms with Gasteiger partial charge in [0.15, 0.2) is 4.34 Å². The van der Waals surface area contributed by atoms with Gasteiger partial charge in [-0.3, -0.25) is 4.79 Å². The number of carboxylic acids is 1. The molecule has 0 unspecified atom stereocenters. The maximum absolute atomic E-state index is 10.6. The fourth-order valence-electron chi connectivity index (χ4n) is 2.25. The first kappa shape index (κ1) is 19.4. The average molecular weight is 345 g/mol. The third kappa shape index (κ3) is 10.2. The third-order valence-electron chi connectivity index (χ3n) is 3.47. The molecule has 0 saturated heterocycles. The van der Waals surface area contributed by atoms with Crippen LogP contribution in [0.4, 0.5) is 0 Å². The number of thioether (sulfide) groups is 1. The molecular formula is C16H28N2O2S2. The molecular weight excluding hydrogens is 316 g/mol. The Morgan fingerprint density at radius 3 is 2.18 bits per heavy atom. The Labute approximate surface area is 142 Å². The van der Waals surface area contributed by atoms with E-state index in [1.807, 2.05) is 0 Å². The quantitative estimate of drug-likeness (QED) is 0.372. The van der Waals surface area contributed by atoms with Crippen LogP contribution in [-0.2, 0) is 11.2 Å². The minimum atomic E-state index is -0.845. The number of carboxylic acid groups (broad SMARTS) is 1. The second-order valence-corrected chi connectivity index (χ2v) is 7.97. The highest BCUT2D eigenvalue weighted by Crippen LogP contribution is 2.24. The summed E-state index contributed by atoms with van der Waals surface area (Å²) in [7, 11) is 0. The highest BCUT2D eigenvalue weighted by atomic mass is 32.2. The van der Waals surface area contributed by atoms with Gasteiger partial charge in [-0.2, -0.15) is 0 Å². The summed E-state index contributed by atoms with van der Waals surface area (Å²) in [6, 6.07) is 0. The fourth-order valence-corrected chi connectivity index (χ4v) is 4.20. The van der Waals surface area contributed by atoms with Gasteiger partial charge in [0.05, 0.1) is 6.42 Å². The van der Waals surface area contributed by atoms with E-state index in [1.165, 1.54) is 75.5 Å². The number of hydrogen-bond donors (Lipinski definition) is 1. The van der Waals surface area contributed by atoms with Crippen LogP contribution in [0.3, 0.4) is 0 Å². The van der Waals surface area contributed by atoms with Crippen molar-refractivity contribution in [2.75, 3.05) is 5.75 Å². The van der Waals surface area contributed by atoms with E-state index in [2.05, 4.69) is 17.1 Å². The van der Waals surface area contributed by atoms with Crippen molar-refractivity contribution in [2.24, 2.45) is 0 Å². The normalized spacial score (nSPS) is 11.0. The second-order valence-electron chi connectivity index (χ2n) is 5.56. The van der Waals surface area contributed by atoms with Gasteiger partial charge in [-0.1, -0.05) is 87.8 Å².